The van der Waals surface area contributed by atoms with Crippen LogP contribution in [0.15, 0.2) is 5.38 Å². The first-order chi connectivity index (χ1) is 8.74. The summed E-state index contributed by atoms with van der Waals surface area (Å²) in [5.74, 6) is 0.0513. The van der Waals surface area contributed by atoms with Gasteiger partial charge in [-0.25, -0.2) is 4.98 Å². The van der Waals surface area contributed by atoms with Crippen molar-refractivity contribution in [1.82, 2.24) is 9.88 Å². The molecule has 1 aromatic rings. The van der Waals surface area contributed by atoms with Crippen LogP contribution in [0.4, 0.5) is 0 Å². The molecule has 1 amide bonds. The van der Waals surface area contributed by atoms with Gasteiger partial charge in [-0.05, 0) is 25.7 Å². The van der Waals surface area contributed by atoms with Gasteiger partial charge in [-0.2, -0.15) is 0 Å². The van der Waals surface area contributed by atoms with Crippen molar-refractivity contribution in [1.29, 1.82) is 0 Å². The van der Waals surface area contributed by atoms with Crippen molar-refractivity contribution in [2.75, 3.05) is 20.2 Å². The molecule has 100 valence electrons. The number of methoxy groups -OCH3 is 1. The Balaban J connectivity index is 2.00. The van der Waals surface area contributed by atoms with Crippen molar-refractivity contribution >= 4 is 17.2 Å². The van der Waals surface area contributed by atoms with Crippen LogP contribution in [0, 0.1) is 0 Å². The summed E-state index contributed by atoms with van der Waals surface area (Å²) in [6.45, 7) is 3.63. The Labute approximate surface area is 112 Å². The first-order valence-corrected chi connectivity index (χ1v) is 7.39. The largest absolute Gasteiger partial charge is 0.380 e. The maximum absolute atomic E-state index is 12.3. The third kappa shape index (κ3) is 3.09. The lowest BCUT2D eigenvalue weighted by molar-refractivity contribution is 0.0266. The molecule has 0 bridgehead atoms. The Morgan fingerprint density at radius 1 is 1.67 bits per heavy atom. The molecule has 0 aliphatic carbocycles. The zero-order valence-corrected chi connectivity index (χ0v) is 11.8. The summed E-state index contributed by atoms with van der Waals surface area (Å²) in [7, 11) is 1.71. The molecular formula is C13H20N2O2S. The van der Waals surface area contributed by atoms with Crippen molar-refractivity contribution in [3.8, 4) is 0 Å². The molecule has 0 radical (unpaired) electrons. The zero-order chi connectivity index (χ0) is 13.0. The summed E-state index contributed by atoms with van der Waals surface area (Å²) >= 11 is 1.58. The Morgan fingerprint density at radius 2 is 2.50 bits per heavy atom. The second-order valence-electron chi connectivity index (χ2n) is 4.63. The quantitative estimate of drug-likeness (QED) is 0.842. The van der Waals surface area contributed by atoms with Gasteiger partial charge in [0, 0.05) is 25.6 Å². The zero-order valence-electron chi connectivity index (χ0n) is 11.0. The highest BCUT2D eigenvalue weighted by atomic mass is 32.1. The lowest BCUT2D eigenvalue weighted by Gasteiger charge is -2.31. The van der Waals surface area contributed by atoms with Gasteiger partial charge in [-0.3, -0.25) is 4.79 Å². The predicted molar refractivity (Wildman–Crippen MR) is 72.0 cm³/mol. The van der Waals surface area contributed by atoms with Crippen LogP contribution in [0.5, 0.6) is 0 Å². The molecule has 0 unspecified atom stereocenters. The average molecular weight is 268 g/mol. The molecule has 2 rings (SSSR count). The molecule has 1 aliphatic rings. The normalized spacial score (nSPS) is 20.1. The number of piperidine rings is 1. The van der Waals surface area contributed by atoms with Crippen LogP contribution < -0.4 is 0 Å². The van der Waals surface area contributed by atoms with E-state index in [9.17, 15) is 4.79 Å². The van der Waals surface area contributed by atoms with Crippen molar-refractivity contribution in [2.24, 2.45) is 0 Å². The van der Waals surface area contributed by atoms with E-state index in [1.54, 1.807) is 18.4 Å². The van der Waals surface area contributed by atoms with E-state index in [2.05, 4.69) is 11.9 Å². The van der Waals surface area contributed by atoms with E-state index in [0.717, 1.165) is 37.2 Å². The van der Waals surface area contributed by atoms with Gasteiger partial charge in [0.2, 0.25) is 0 Å². The average Bonchev–Trinajstić information content (AvgIpc) is 2.87. The van der Waals surface area contributed by atoms with Crippen LogP contribution in [-0.4, -0.2) is 42.1 Å². The van der Waals surface area contributed by atoms with Gasteiger partial charge in [0.1, 0.15) is 5.69 Å². The summed E-state index contributed by atoms with van der Waals surface area (Å²) in [6, 6.07) is 0. The highest BCUT2D eigenvalue weighted by molar-refractivity contribution is 7.09. The molecule has 1 aliphatic heterocycles. The minimum Gasteiger partial charge on any atom is -0.380 e. The number of amides is 1. The number of aromatic nitrogens is 1. The van der Waals surface area contributed by atoms with E-state index in [1.807, 2.05) is 10.3 Å². The number of nitrogens with zero attached hydrogens (tertiary/aromatic N) is 2. The smallest absolute Gasteiger partial charge is 0.273 e. The molecule has 4 nitrogen and oxygen atoms in total. The molecule has 1 atom stereocenters. The Morgan fingerprint density at radius 3 is 3.22 bits per heavy atom. The summed E-state index contributed by atoms with van der Waals surface area (Å²) in [6.07, 6.45) is 4.25. The second kappa shape index (κ2) is 6.29. The number of carbonyl (C=O) groups excluding carboxylic acids is 1. The molecule has 0 aromatic carbocycles. The number of thiazole rings is 1. The number of carbonyl (C=O) groups is 1. The molecule has 1 saturated heterocycles. The van der Waals surface area contributed by atoms with Gasteiger partial charge in [-0.15, -0.1) is 11.3 Å². The topological polar surface area (TPSA) is 42.4 Å². The van der Waals surface area contributed by atoms with Gasteiger partial charge >= 0.3 is 0 Å². The van der Waals surface area contributed by atoms with Gasteiger partial charge < -0.3 is 9.64 Å². The number of aryl methyl sites for hydroxylation is 1. The minimum absolute atomic E-state index is 0.0513. The van der Waals surface area contributed by atoms with E-state index in [0.29, 0.717) is 12.2 Å². The van der Waals surface area contributed by atoms with Crippen molar-refractivity contribution < 1.29 is 9.53 Å². The first kappa shape index (κ1) is 13.5. The third-order valence-corrected chi connectivity index (χ3v) is 4.14. The highest BCUT2D eigenvalue weighted by Gasteiger charge is 2.25. The summed E-state index contributed by atoms with van der Waals surface area (Å²) in [5.41, 5.74) is 0.597. The van der Waals surface area contributed by atoms with E-state index in [-0.39, 0.29) is 12.0 Å². The Kier molecular flexibility index (Phi) is 4.72. The number of hydrogen-bond donors (Lipinski definition) is 0. The maximum Gasteiger partial charge on any atom is 0.273 e. The fourth-order valence-electron chi connectivity index (χ4n) is 2.21. The summed E-state index contributed by atoms with van der Waals surface area (Å²) < 4.78 is 5.34. The molecule has 5 heteroatoms. The molecule has 0 N–H and O–H groups in total. The fourth-order valence-corrected chi connectivity index (χ4v) is 3.09. The standard InChI is InChI=1S/C13H20N2O2S/c1-3-5-12-14-11(9-18-12)13(16)15-7-4-6-10(8-15)17-2/h9-10H,3-8H2,1-2H3/t10-/m0/s1. The SMILES string of the molecule is CCCc1nc(C(=O)N2CCC[C@H](OC)C2)cs1. The number of rotatable bonds is 4. The van der Waals surface area contributed by atoms with Crippen molar-refractivity contribution in [3.05, 3.63) is 16.1 Å². The lowest BCUT2D eigenvalue weighted by Crippen LogP contribution is -2.43. The van der Waals surface area contributed by atoms with Gasteiger partial charge in [0.15, 0.2) is 0 Å². The summed E-state index contributed by atoms with van der Waals surface area (Å²) in [4.78, 5) is 18.6. The van der Waals surface area contributed by atoms with Crippen LogP contribution in [0.25, 0.3) is 0 Å². The van der Waals surface area contributed by atoms with Crippen LogP contribution in [0.2, 0.25) is 0 Å². The summed E-state index contributed by atoms with van der Waals surface area (Å²) in [5, 5.41) is 2.94. The third-order valence-electron chi connectivity index (χ3n) is 3.23. The second-order valence-corrected chi connectivity index (χ2v) is 5.57. The van der Waals surface area contributed by atoms with Crippen LogP contribution in [-0.2, 0) is 11.2 Å². The first-order valence-electron chi connectivity index (χ1n) is 6.51. The molecule has 0 saturated carbocycles. The molecule has 1 fully saturated rings. The van der Waals surface area contributed by atoms with E-state index in [4.69, 9.17) is 4.74 Å². The van der Waals surface area contributed by atoms with E-state index >= 15 is 0 Å². The molecular weight excluding hydrogens is 248 g/mol. The Hall–Kier alpha value is -0.940. The monoisotopic (exact) mass is 268 g/mol. The van der Waals surface area contributed by atoms with Gasteiger partial charge in [0.05, 0.1) is 11.1 Å². The Bertz CT molecular complexity index is 405. The maximum atomic E-state index is 12.3. The number of hydrogen-bond acceptors (Lipinski definition) is 4. The van der Waals surface area contributed by atoms with Gasteiger partial charge in [0.25, 0.3) is 5.91 Å². The number of ether oxygens (including phenoxy) is 1. The van der Waals surface area contributed by atoms with Crippen LogP contribution >= 0.6 is 11.3 Å². The molecule has 18 heavy (non-hydrogen) atoms. The molecule has 2 heterocycles. The van der Waals surface area contributed by atoms with E-state index < -0.39 is 0 Å². The van der Waals surface area contributed by atoms with Gasteiger partial charge in [-0.1, -0.05) is 6.92 Å². The van der Waals surface area contributed by atoms with E-state index in [1.165, 1.54) is 0 Å². The predicted octanol–water partition coefficient (Wildman–Crippen LogP) is 2.35. The molecule has 0 spiro atoms. The lowest BCUT2D eigenvalue weighted by atomic mass is 10.1. The minimum atomic E-state index is 0.0513. The molecule has 1 aromatic heterocycles. The highest BCUT2D eigenvalue weighted by Crippen LogP contribution is 2.18. The van der Waals surface area contributed by atoms with Crippen LogP contribution in [0.3, 0.4) is 0 Å². The van der Waals surface area contributed by atoms with Crippen LogP contribution in [0.1, 0.15) is 41.7 Å². The fraction of sp³-hybridized carbons (Fsp3) is 0.692. The van der Waals surface area contributed by atoms with Crippen molar-refractivity contribution in [3.63, 3.8) is 0 Å². The van der Waals surface area contributed by atoms with Crippen molar-refractivity contribution in [2.45, 2.75) is 38.7 Å². The number of likely N-dealkylation sites (tertiary alicyclic amines) is 1.